The highest BCUT2D eigenvalue weighted by Crippen LogP contribution is 2.57. The minimum atomic E-state index is 0.252. The van der Waals surface area contributed by atoms with Gasteiger partial charge in [-0.05, 0) is 23.7 Å². The highest BCUT2D eigenvalue weighted by Gasteiger charge is 2.50. The van der Waals surface area contributed by atoms with Crippen LogP contribution in [-0.2, 0) is 4.84 Å². The van der Waals surface area contributed by atoms with E-state index in [9.17, 15) is 0 Å². The van der Waals surface area contributed by atoms with Gasteiger partial charge in [-0.3, -0.25) is 0 Å². The first-order valence-electron chi connectivity index (χ1n) is 3.84. The topological polar surface area (TPSA) is 35.2 Å². The first kappa shape index (κ1) is 8.02. The van der Waals surface area contributed by atoms with Gasteiger partial charge in [-0.1, -0.05) is 20.8 Å². The summed E-state index contributed by atoms with van der Waals surface area (Å²) in [7, 11) is 0. The van der Waals surface area contributed by atoms with Gasteiger partial charge in [-0.25, -0.2) is 5.90 Å². The first-order chi connectivity index (χ1) is 4.52. The van der Waals surface area contributed by atoms with Crippen LogP contribution in [0.25, 0.3) is 0 Å². The largest absolute Gasteiger partial charge is 0.304 e. The minimum absolute atomic E-state index is 0.252. The van der Waals surface area contributed by atoms with Crippen LogP contribution in [0.2, 0.25) is 0 Å². The predicted octanol–water partition coefficient (Wildman–Crippen LogP) is 1.70. The lowest BCUT2D eigenvalue weighted by Gasteiger charge is -2.30. The molecular weight excluding hydrogens is 126 g/mol. The quantitative estimate of drug-likeness (QED) is 0.610. The number of hydrogen-bond acceptors (Lipinski definition) is 2. The fourth-order valence-electron chi connectivity index (χ4n) is 1.25. The van der Waals surface area contributed by atoms with Gasteiger partial charge in [0.1, 0.15) is 0 Å². The standard InChI is InChI=1S/C8H17NO/c1-7(2,6-10-9)8(3)4-5-8/h4-6,9H2,1-3H3. The summed E-state index contributed by atoms with van der Waals surface area (Å²) in [5, 5.41) is 0. The van der Waals surface area contributed by atoms with E-state index in [1.165, 1.54) is 12.8 Å². The van der Waals surface area contributed by atoms with Crippen molar-refractivity contribution < 1.29 is 4.84 Å². The molecule has 2 nitrogen and oxygen atoms in total. The molecule has 0 aromatic heterocycles. The third-order valence-electron chi connectivity index (χ3n) is 3.08. The van der Waals surface area contributed by atoms with E-state index in [0.29, 0.717) is 12.0 Å². The van der Waals surface area contributed by atoms with Crippen LogP contribution in [0.1, 0.15) is 33.6 Å². The lowest BCUT2D eigenvalue weighted by molar-refractivity contribution is 0.0240. The average Bonchev–Trinajstić information content (AvgIpc) is 2.49. The van der Waals surface area contributed by atoms with E-state index in [1.807, 2.05) is 0 Å². The molecule has 0 amide bonds. The third-order valence-corrected chi connectivity index (χ3v) is 3.08. The third kappa shape index (κ3) is 1.18. The number of nitrogens with two attached hydrogens (primary N) is 1. The van der Waals surface area contributed by atoms with Gasteiger partial charge in [-0.15, -0.1) is 0 Å². The maximum absolute atomic E-state index is 5.04. The summed E-state index contributed by atoms with van der Waals surface area (Å²) in [5.41, 5.74) is 0.744. The lowest BCUT2D eigenvalue weighted by Crippen LogP contribution is -2.30. The molecule has 1 aliphatic rings. The Morgan fingerprint density at radius 1 is 1.50 bits per heavy atom. The zero-order chi connectivity index (χ0) is 7.83. The zero-order valence-electron chi connectivity index (χ0n) is 7.11. The van der Waals surface area contributed by atoms with Crippen molar-refractivity contribution in [3.8, 4) is 0 Å². The van der Waals surface area contributed by atoms with Gasteiger partial charge in [0.25, 0.3) is 0 Å². The summed E-state index contributed by atoms with van der Waals surface area (Å²) in [4.78, 5) is 4.67. The summed E-state index contributed by atoms with van der Waals surface area (Å²) >= 11 is 0. The second-order valence-corrected chi connectivity index (χ2v) is 4.26. The van der Waals surface area contributed by atoms with Crippen LogP contribution in [0.3, 0.4) is 0 Å². The molecule has 1 rings (SSSR count). The Morgan fingerprint density at radius 2 is 2.00 bits per heavy atom. The van der Waals surface area contributed by atoms with E-state index in [4.69, 9.17) is 5.90 Å². The molecule has 0 unspecified atom stereocenters. The minimum Gasteiger partial charge on any atom is -0.304 e. The van der Waals surface area contributed by atoms with Crippen molar-refractivity contribution in [3.63, 3.8) is 0 Å². The normalized spacial score (nSPS) is 22.8. The Labute approximate surface area is 62.7 Å². The van der Waals surface area contributed by atoms with Gasteiger partial charge in [0, 0.05) is 0 Å². The van der Waals surface area contributed by atoms with Crippen LogP contribution in [0.15, 0.2) is 0 Å². The SMILES string of the molecule is CC(C)(CON)C1(C)CC1. The average molecular weight is 143 g/mol. The summed E-state index contributed by atoms with van der Waals surface area (Å²) in [6.45, 7) is 7.40. The van der Waals surface area contributed by atoms with Crippen LogP contribution in [-0.4, -0.2) is 6.61 Å². The zero-order valence-corrected chi connectivity index (χ0v) is 7.11. The molecule has 2 heteroatoms. The van der Waals surface area contributed by atoms with Gasteiger partial charge < -0.3 is 4.84 Å². The van der Waals surface area contributed by atoms with Gasteiger partial charge >= 0.3 is 0 Å². The van der Waals surface area contributed by atoms with E-state index in [-0.39, 0.29) is 5.41 Å². The second-order valence-electron chi connectivity index (χ2n) is 4.26. The van der Waals surface area contributed by atoms with Crippen molar-refractivity contribution in [1.82, 2.24) is 0 Å². The molecule has 1 aliphatic carbocycles. The van der Waals surface area contributed by atoms with Crippen LogP contribution in [0.5, 0.6) is 0 Å². The maximum Gasteiger partial charge on any atom is 0.0735 e. The highest BCUT2D eigenvalue weighted by molar-refractivity contribution is 4.99. The molecule has 1 saturated carbocycles. The summed E-state index contributed by atoms with van der Waals surface area (Å²) in [6.07, 6.45) is 2.65. The van der Waals surface area contributed by atoms with Crippen molar-refractivity contribution in [1.29, 1.82) is 0 Å². The maximum atomic E-state index is 5.04. The molecule has 60 valence electrons. The molecular formula is C8H17NO. The molecule has 0 aromatic rings. The van der Waals surface area contributed by atoms with Crippen LogP contribution in [0.4, 0.5) is 0 Å². The van der Waals surface area contributed by atoms with Gasteiger partial charge in [0.05, 0.1) is 6.61 Å². The second kappa shape index (κ2) is 2.21. The van der Waals surface area contributed by atoms with Crippen molar-refractivity contribution in [2.75, 3.05) is 6.61 Å². The fraction of sp³-hybridized carbons (Fsp3) is 1.00. The number of hydrogen-bond donors (Lipinski definition) is 1. The van der Waals surface area contributed by atoms with E-state index >= 15 is 0 Å². The van der Waals surface area contributed by atoms with Crippen molar-refractivity contribution >= 4 is 0 Å². The Hall–Kier alpha value is -0.0800. The summed E-state index contributed by atoms with van der Waals surface area (Å²) in [6, 6.07) is 0. The fourth-order valence-corrected chi connectivity index (χ4v) is 1.25. The van der Waals surface area contributed by atoms with E-state index in [0.717, 1.165) is 0 Å². The molecule has 2 N–H and O–H groups in total. The smallest absolute Gasteiger partial charge is 0.0735 e. The molecule has 0 saturated heterocycles. The van der Waals surface area contributed by atoms with Crippen molar-refractivity contribution in [2.24, 2.45) is 16.7 Å². The molecule has 0 spiro atoms. The van der Waals surface area contributed by atoms with Gasteiger partial charge in [0.15, 0.2) is 0 Å². The van der Waals surface area contributed by atoms with E-state index in [2.05, 4.69) is 25.6 Å². The summed E-state index contributed by atoms with van der Waals surface area (Å²) < 4.78 is 0. The molecule has 0 aromatic carbocycles. The lowest BCUT2D eigenvalue weighted by atomic mass is 9.78. The van der Waals surface area contributed by atoms with Crippen molar-refractivity contribution in [3.05, 3.63) is 0 Å². The first-order valence-corrected chi connectivity index (χ1v) is 3.84. The Balaban J connectivity index is 2.50. The molecule has 1 fully saturated rings. The van der Waals surface area contributed by atoms with Gasteiger partial charge in [-0.2, -0.15) is 0 Å². The Kier molecular flexibility index (Phi) is 1.77. The van der Waals surface area contributed by atoms with Crippen molar-refractivity contribution in [2.45, 2.75) is 33.6 Å². The monoisotopic (exact) mass is 143 g/mol. The molecule has 0 atom stereocenters. The van der Waals surface area contributed by atoms with Crippen LogP contribution >= 0.6 is 0 Å². The molecule has 0 aliphatic heterocycles. The Morgan fingerprint density at radius 3 is 2.30 bits per heavy atom. The molecule has 0 radical (unpaired) electrons. The van der Waals surface area contributed by atoms with Crippen LogP contribution < -0.4 is 5.90 Å². The Bertz CT molecular complexity index is 127. The highest BCUT2D eigenvalue weighted by atomic mass is 16.6. The molecule has 0 heterocycles. The van der Waals surface area contributed by atoms with Crippen LogP contribution in [0, 0.1) is 10.8 Å². The molecule has 10 heavy (non-hydrogen) atoms. The van der Waals surface area contributed by atoms with E-state index < -0.39 is 0 Å². The summed E-state index contributed by atoms with van der Waals surface area (Å²) in [5.74, 6) is 5.04. The predicted molar refractivity (Wildman–Crippen MR) is 41.3 cm³/mol. The van der Waals surface area contributed by atoms with Gasteiger partial charge in [0.2, 0.25) is 0 Å². The molecule has 0 bridgehead atoms. The number of rotatable bonds is 3. The van der Waals surface area contributed by atoms with E-state index in [1.54, 1.807) is 0 Å².